The molecule has 0 fully saturated rings. The summed E-state index contributed by atoms with van der Waals surface area (Å²) in [6, 6.07) is 7.41. The molecule has 1 aliphatic heterocycles. The van der Waals surface area contributed by atoms with Gasteiger partial charge in [-0.25, -0.2) is 0 Å². The Morgan fingerprint density at radius 2 is 2.15 bits per heavy atom. The van der Waals surface area contributed by atoms with Gasteiger partial charge in [-0.3, -0.25) is 14.6 Å². The molecule has 0 radical (unpaired) electrons. The third-order valence-corrected chi connectivity index (χ3v) is 4.00. The molecule has 6 heteroatoms. The van der Waals surface area contributed by atoms with Crippen LogP contribution in [0.1, 0.15) is 29.6 Å². The first-order valence-corrected chi connectivity index (χ1v) is 7.35. The Morgan fingerprint density at radius 1 is 1.35 bits per heavy atom. The number of thioether (sulfide) groups is 1. The molecule has 106 valence electrons. The van der Waals surface area contributed by atoms with Crippen LogP contribution in [0, 0.1) is 0 Å². The number of hydrogen-bond donors (Lipinski definition) is 2. The van der Waals surface area contributed by atoms with Crippen molar-refractivity contribution in [3.8, 4) is 0 Å². The lowest BCUT2D eigenvalue weighted by Crippen LogP contribution is -2.28. The number of nitrogens with two attached hydrogens (primary N) is 1. The lowest BCUT2D eigenvalue weighted by atomic mass is 10.2. The minimum Gasteiger partial charge on any atom is -0.370 e. The molecule has 1 aromatic carbocycles. The quantitative estimate of drug-likeness (QED) is 0.863. The average Bonchev–Trinajstić information content (AvgIpc) is 2.91. The number of carbonyl (C=O) groups excluding carboxylic acids is 2. The largest absolute Gasteiger partial charge is 0.370 e. The van der Waals surface area contributed by atoms with Crippen molar-refractivity contribution in [3.05, 3.63) is 29.8 Å². The zero-order chi connectivity index (χ0) is 14.4. The summed E-state index contributed by atoms with van der Waals surface area (Å²) in [6.45, 7) is 1.13. The minimum absolute atomic E-state index is 0.147. The highest BCUT2D eigenvalue weighted by Gasteiger charge is 2.15. The molecule has 2 amide bonds. The van der Waals surface area contributed by atoms with Crippen molar-refractivity contribution < 1.29 is 9.59 Å². The molecule has 0 aromatic heterocycles. The van der Waals surface area contributed by atoms with E-state index in [1.165, 1.54) is 0 Å². The Hall–Kier alpha value is -1.82. The maximum absolute atomic E-state index is 12.1. The lowest BCUT2D eigenvalue weighted by Gasteiger charge is -2.09. The second-order valence-corrected chi connectivity index (χ2v) is 5.56. The van der Waals surface area contributed by atoms with Gasteiger partial charge >= 0.3 is 0 Å². The normalized spacial score (nSPS) is 13.9. The van der Waals surface area contributed by atoms with Crippen molar-refractivity contribution in [1.29, 1.82) is 0 Å². The number of primary amides is 1. The number of rotatable bonds is 5. The van der Waals surface area contributed by atoms with Crippen LogP contribution >= 0.6 is 11.8 Å². The summed E-state index contributed by atoms with van der Waals surface area (Å²) >= 11 is 1.54. The summed E-state index contributed by atoms with van der Waals surface area (Å²) in [5.74, 6) is -0.610. The van der Waals surface area contributed by atoms with E-state index in [2.05, 4.69) is 10.3 Å². The standard InChI is InChI=1S/C14H17N3O2S/c15-12(18)7-9-17-14(19)10-4-1-2-5-11(10)20-13-6-3-8-16-13/h1-2,4-5H,3,6-9H2,(H2,15,18)(H,17,19). The van der Waals surface area contributed by atoms with E-state index in [9.17, 15) is 9.59 Å². The van der Waals surface area contributed by atoms with E-state index in [-0.39, 0.29) is 18.9 Å². The molecule has 0 spiro atoms. The molecule has 1 aromatic rings. The van der Waals surface area contributed by atoms with Crippen LogP contribution in [0.4, 0.5) is 0 Å². The highest BCUT2D eigenvalue weighted by atomic mass is 32.2. The second kappa shape index (κ2) is 7.09. The van der Waals surface area contributed by atoms with Crippen molar-refractivity contribution in [3.63, 3.8) is 0 Å². The molecule has 20 heavy (non-hydrogen) atoms. The third kappa shape index (κ3) is 4.09. The van der Waals surface area contributed by atoms with Gasteiger partial charge in [0.25, 0.3) is 5.91 Å². The molecule has 0 unspecified atom stereocenters. The summed E-state index contributed by atoms with van der Waals surface area (Å²) in [5.41, 5.74) is 5.65. The molecule has 1 heterocycles. The molecule has 0 aliphatic carbocycles. The number of amides is 2. The van der Waals surface area contributed by atoms with Gasteiger partial charge in [0, 0.05) is 24.4 Å². The third-order valence-electron chi connectivity index (χ3n) is 2.85. The van der Waals surface area contributed by atoms with Gasteiger partial charge in [-0.05, 0) is 25.0 Å². The zero-order valence-electron chi connectivity index (χ0n) is 11.1. The summed E-state index contributed by atoms with van der Waals surface area (Å²) in [5, 5.41) is 3.77. The number of carbonyl (C=O) groups is 2. The topological polar surface area (TPSA) is 84.5 Å². The van der Waals surface area contributed by atoms with E-state index in [1.807, 2.05) is 18.2 Å². The van der Waals surface area contributed by atoms with Gasteiger partial charge in [-0.15, -0.1) is 0 Å². The maximum Gasteiger partial charge on any atom is 0.252 e. The maximum atomic E-state index is 12.1. The van der Waals surface area contributed by atoms with Crippen molar-refractivity contribution in [1.82, 2.24) is 5.32 Å². The van der Waals surface area contributed by atoms with Crippen molar-refractivity contribution >= 4 is 28.6 Å². The molecule has 5 nitrogen and oxygen atoms in total. The van der Waals surface area contributed by atoms with Crippen molar-refractivity contribution in [2.24, 2.45) is 10.7 Å². The lowest BCUT2D eigenvalue weighted by molar-refractivity contribution is -0.117. The zero-order valence-corrected chi connectivity index (χ0v) is 11.9. The van der Waals surface area contributed by atoms with Crippen LogP contribution in [0.3, 0.4) is 0 Å². The monoisotopic (exact) mass is 291 g/mol. The van der Waals surface area contributed by atoms with Crippen molar-refractivity contribution in [2.45, 2.75) is 24.2 Å². The molecule has 0 saturated carbocycles. The van der Waals surface area contributed by atoms with Crippen molar-refractivity contribution in [2.75, 3.05) is 13.1 Å². The molecule has 3 N–H and O–H groups in total. The fraction of sp³-hybridized carbons (Fsp3) is 0.357. The number of nitrogens with one attached hydrogen (secondary N) is 1. The smallest absolute Gasteiger partial charge is 0.252 e. The minimum atomic E-state index is -0.423. The highest BCUT2D eigenvalue weighted by molar-refractivity contribution is 8.14. The Bertz CT molecular complexity index is 543. The molecular formula is C14H17N3O2S. The number of hydrogen-bond acceptors (Lipinski definition) is 4. The Kier molecular flexibility index (Phi) is 5.17. The summed E-state index contributed by atoms with van der Waals surface area (Å²) in [7, 11) is 0. The van der Waals surface area contributed by atoms with Gasteiger partial charge in [0.2, 0.25) is 5.91 Å². The van der Waals surface area contributed by atoms with E-state index < -0.39 is 5.91 Å². The van der Waals surface area contributed by atoms with Crippen LogP contribution in [0.25, 0.3) is 0 Å². The SMILES string of the molecule is NC(=O)CCNC(=O)c1ccccc1SC1=NCCC1. The van der Waals surface area contributed by atoms with Crippen LogP contribution in [-0.2, 0) is 4.79 Å². The van der Waals surface area contributed by atoms with E-state index in [0.29, 0.717) is 5.56 Å². The molecule has 1 aliphatic rings. The van der Waals surface area contributed by atoms with Crippen LogP contribution in [0.15, 0.2) is 34.2 Å². The molecule has 0 saturated heterocycles. The number of aliphatic imine (C=N–C) groups is 1. The van der Waals surface area contributed by atoms with Gasteiger partial charge < -0.3 is 11.1 Å². The van der Waals surface area contributed by atoms with E-state index in [1.54, 1.807) is 17.8 Å². The van der Waals surface area contributed by atoms with Gasteiger partial charge in [-0.2, -0.15) is 0 Å². The van der Waals surface area contributed by atoms with Gasteiger partial charge in [0.1, 0.15) is 0 Å². The highest BCUT2D eigenvalue weighted by Crippen LogP contribution is 2.27. The summed E-state index contributed by atoms with van der Waals surface area (Å²) in [6.07, 6.45) is 2.20. The summed E-state index contributed by atoms with van der Waals surface area (Å²) < 4.78 is 0. The predicted octanol–water partition coefficient (Wildman–Crippen LogP) is 1.58. The number of benzene rings is 1. The van der Waals surface area contributed by atoms with Crippen LogP contribution in [-0.4, -0.2) is 29.9 Å². The molecule has 2 rings (SSSR count). The van der Waals surface area contributed by atoms with Gasteiger partial charge in [0.15, 0.2) is 0 Å². The first kappa shape index (κ1) is 14.6. The van der Waals surface area contributed by atoms with Crippen LogP contribution in [0.5, 0.6) is 0 Å². The Balaban J connectivity index is 2.02. The number of nitrogens with zero attached hydrogens (tertiary/aromatic N) is 1. The Morgan fingerprint density at radius 3 is 2.85 bits per heavy atom. The average molecular weight is 291 g/mol. The van der Waals surface area contributed by atoms with Crippen LogP contribution in [0.2, 0.25) is 0 Å². The summed E-state index contributed by atoms with van der Waals surface area (Å²) in [4.78, 5) is 28.1. The van der Waals surface area contributed by atoms with Crippen LogP contribution < -0.4 is 11.1 Å². The molecule has 0 bridgehead atoms. The molecule has 0 atom stereocenters. The fourth-order valence-electron chi connectivity index (χ4n) is 1.86. The van der Waals surface area contributed by atoms with E-state index >= 15 is 0 Å². The second-order valence-electron chi connectivity index (χ2n) is 4.45. The van der Waals surface area contributed by atoms with E-state index in [0.717, 1.165) is 29.3 Å². The van der Waals surface area contributed by atoms with E-state index in [4.69, 9.17) is 5.73 Å². The first-order chi connectivity index (χ1) is 9.66. The fourth-order valence-corrected chi connectivity index (χ4v) is 2.93. The Labute approximate surface area is 122 Å². The first-order valence-electron chi connectivity index (χ1n) is 6.53. The molecular weight excluding hydrogens is 274 g/mol. The van der Waals surface area contributed by atoms with Gasteiger partial charge in [0.05, 0.1) is 10.6 Å². The predicted molar refractivity (Wildman–Crippen MR) is 80.0 cm³/mol. The van der Waals surface area contributed by atoms with Gasteiger partial charge in [-0.1, -0.05) is 23.9 Å².